The van der Waals surface area contributed by atoms with Crippen molar-refractivity contribution in [1.29, 1.82) is 5.26 Å². The normalized spacial score (nSPS) is 12.0. The SMILES string of the molecule is CCN(CC)C(C#N)c1cc(OC)cc(OC)c1. The molecule has 0 aromatic heterocycles. The molecule has 1 atom stereocenters. The Balaban J connectivity index is 3.16. The standard InChI is InChI=1S/C14H20N2O2/c1-5-16(6-2)14(10-15)11-7-12(17-3)9-13(8-11)18-4/h7-9,14H,5-6H2,1-4H3. The molecule has 1 rings (SSSR count). The molecule has 4 nitrogen and oxygen atoms in total. The van der Waals surface area contributed by atoms with Crippen LogP contribution in [0.15, 0.2) is 18.2 Å². The van der Waals surface area contributed by atoms with E-state index in [0.717, 1.165) is 18.7 Å². The van der Waals surface area contributed by atoms with Gasteiger partial charge < -0.3 is 9.47 Å². The first-order chi connectivity index (χ1) is 8.69. The molecule has 0 amide bonds. The summed E-state index contributed by atoms with van der Waals surface area (Å²) in [6, 6.07) is 7.64. The molecule has 0 spiro atoms. The maximum atomic E-state index is 9.37. The van der Waals surface area contributed by atoms with Crippen LogP contribution in [0.1, 0.15) is 25.5 Å². The van der Waals surface area contributed by atoms with Crippen LogP contribution < -0.4 is 9.47 Å². The average Bonchev–Trinajstić information content (AvgIpc) is 2.43. The van der Waals surface area contributed by atoms with Crippen molar-refractivity contribution in [2.24, 2.45) is 0 Å². The lowest BCUT2D eigenvalue weighted by Gasteiger charge is -2.24. The van der Waals surface area contributed by atoms with Crippen LogP contribution in [0.3, 0.4) is 0 Å². The Morgan fingerprint density at radius 1 is 1.11 bits per heavy atom. The van der Waals surface area contributed by atoms with Crippen molar-refractivity contribution in [2.45, 2.75) is 19.9 Å². The van der Waals surface area contributed by atoms with Crippen LogP contribution in [0, 0.1) is 11.3 Å². The Hall–Kier alpha value is -1.73. The maximum absolute atomic E-state index is 9.37. The van der Waals surface area contributed by atoms with Gasteiger partial charge in [-0.3, -0.25) is 4.90 Å². The number of hydrogen-bond donors (Lipinski definition) is 0. The fraction of sp³-hybridized carbons (Fsp3) is 0.500. The van der Waals surface area contributed by atoms with Gasteiger partial charge in [0, 0.05) is 6.07 Å². The predicted molar refractivity (Wildman–Crippen MR) is 70.8 cm³/mol. The molecule has 0 saturated heterocycles. The molecule has 18 heavy (non-hydrogen) atoms. The van der Waals surface area contributed by atoms with Crippen LogP contribution in [0.5, 0.6) is 11.5 Å². The molecular weight excluding hydrogens is 228 g/mol. The highest BCUT2D eigenvalue weighted by atomic mass is 16.5. The number of hydrogen-bond acceptors (Lipinski definition) is 4. The lowest BCUT2D eigenvalue weighted by atomic mass is 10.1. The van der Waals surface area contributed by atoms with Gasteiger partial charge in [0.05, 0.1) is 20.3 Å². The van der Waals surface area contributed by atoms with Crippen LogP contribution in [-0.2, 0) is 0 Å². The Labute approximate surface area is 109 Å². The third kappa shape index (κ3) is 3.14. The summed E-state index contributed by atoms with van der Waals surface area (Å²) in [5, 5.41) is 9.37. The van der Waals surface area contributed by atoms with Crippen molar-refractivity contribution in [2.75, 3.05) is 27.3 Å². The second-order valence-electron chi connectivity index (χ2n) is 3.90. The molecule has 0 bridgehead atoms. The molecule has 1 aromatic carbocycles. The maximum Gasteiger partial charge on any atom is 0.124 e. The summed E-state index contributed by atoms with van der Waals surface area (Å²) in [5.41, 5.74) is 0.900. The largest absolute Gasteiger partial charge is 0.497 e. The van der Waals surface area contributed by atoms with Crippen LogP contribution in [0.4, 0.5) is 0 Å². The van der Waals surface area contributed by atoms with Gasteiger partial charge in [-0.1, -0.05) is 13.8 Å². The molecule has 0 aliphatic rings. The molecule has 0 aliphatic carbocycles. The van der Waals surface area contributed by atoms with E-state index in [2.05, 4.69) is 11.0 Å². The third-order valence-electron chi connectivity index (χ3n) is 2.99. The fourth-order valence-corrected chi connectivity index (χ4v) is 1.94. The van der Waals surface area contributed by atoms with Crippen molar-refractivity contribution in [1.82, 2.24) is 4.90 Å². The van der Waals surface area contributed by atoms with Crippen LogP contribution in [-0.4, -0.2) is 32.2 Å². The lowest BCUT2D eigenvalue weighted by Crippen LogP contribution is -2.27. The minimum Gasteiger partial charge on any atom is -0.497 e. The van der Waals surface area contributed by atoms with Crippen molar-refractivity contribution in [3.63, 3.8) is 0 Å². The smallest absolute Gasteiger partial charge is 0.124 e. The van der Waals surface area contributed by atoms with E-state index in [9.17, 15) is 5.26 Å². The summed E-state index contributed by atoms with van der Waals surface area (Å²) in [6.07, 6.45) is 0. The number of ether oxygens (including phenoxy) is 2. The van der Waals surface area contributed by atoms with E-state index in [-0.39, 0.29) is 6.04 Å². The van der Waals surface area contributed by atoms with Gasteiger partial charge in [0.1, 0.15) is 17.5 Å². The molecule has 0 fully saturated rings. The topological polar surface area (TPSA) is 45.5 Å². The van der Waals surface area contributed by atoms with Crippen LogP contribution in [0.25, 0.3) is 0 Å². The van der Waals surface area contributed by atoms with Crippen LogP contribution >= 0.6 is 0 Å². The van der Waals surface area contributed by atoms with E-state index >= 15 is 0 Å². The molecule has 1 unspecified atom stereocenters. The van der Waals surface area contributed by atoms with Crippen molar-refractivity contribution in [3.05, 3.63) is 23.8 Å². The summed E-state index contributed by atoms with van der Waals surface area (Å²) < 4.78 is 10.5. The number of methoxy groups -OCH3 is 2. The molecule has 0 radical (unpaired) electrons. The van der Waals surface area contributed by atoms with E-state index in [1.807, 2.05) is 26.0 Å². The van der Waals surface area contributed by atoms with Crippen molar-refractivity contribution >= 4 is 0 Å². The third-order valence-corrected chi connectivity index (χ3v) is 2.99. The molecule has 0 heterocycles. The fourth-order valence-electron chi connectivity index (χ4n) is 1.94. The first-order valence-electron chi connectivity index (χ1n) is 6.06. The van der Waals surface area contributed by atoms with E-state index in [0.29, 0.717) is 11.5 Å². The van der Waals surface area contributed by atoms with E-state index < -0.39 is 0 Å². The molecular formula is C14H20N2O2. The molecule has 0 aliphatic heterocycles. The van der Waals surface area contributed by atoms with Gasteiger partial charge in [-0.25, -0.2) is 0 Å². The van der Waals surface area contributed by atoms with Crippen LogP contribution in [0.2, 0.25) is 0 Å². The van der Waals surface area contributed by atoms with Crippen molar-refractivity contribution in [3.8, 4) is 17.6 Å². The molecule has 0 saturated carbocycles. The van der Waals surface area contributed by atoms with Gasteiger partial charge in [0.25, 0.3) is 0 Å². The summed E-state index contributed by atoms with van der Waals surface area (Å²) in [7, 11) is 3.22. The second-order valence-corrected chi connectivity index (χ2v) is 3.90. The quantitative estimate of drug-likeness (QED) is 0.776. The molecule has 98 valence electrons. The Bertz CT molecular complexity index is 400. The minimum atomic E-state index is -0.274. The van der Waals surface area contributed by atoms with Gasteiger partial charge >= 0.3 is 0 Å². The van der Waals surface area contributed by atoms with E-state index in [4.69, 9.17) is 9.47 Å². The zero-order chi connectivity index (χ0) is 13.5. The second kappa shape index (κ2) is 6.87. The number of benzene rings is 1. The Kier molecular flexibility index (Phi) is 5.47. The predicted octanol–water partition coefficient (Wildman–Crippen LogP) is 2.61. The average molecular weight is 248 g/mol. The first kappa shape index (κ1) is 14.3. The summed E-state index contributed by atoms with van der Waals surface area (Å²) in [4.78, 5) is 2.09. The minimum absolute atomic E-state index is 0.274. The van der Waals surface area contributed by atoms with Gasteiger partial charge in [-0.2, -0.15) is 5.26 Å². The first-order valence-corrected chi connectivity index (χ1v) is 6.06. The van der Waals surface area contributed by atoms with Gasteiger partial charge in [-0.15, -0.1) is 0 Å². The zero-order valence-electron chi connectivity index (χ0n) is 11.4. The number of rotatable bonds is 6. The van der Waals surface area contributed by atoms with Gasteiger partial charge in [0.2, 0.25) is 0 Å². The van der Waals surface area contributed by atoms with E-state index in [1.165, 1.54) is 0 Å². The Morgan fingerprint density at radius 2 is 1.61 bits per heavy atom. The van der Waals surface area contributed by atoms with E-state index in [1.54, 1.807) is 20.3 Å². The summed E-state index contributed by atoms with van der Waals surface area (Å²) in [5.74, 6) is 1.41. The molecule has 0 N–H and O–H groups in total. The van der Waals surface area contributed by atoms with Crippen molar-refractivity contribution < 1.29 is 9.47 Å². The highest BCUT2D eigenvalue weighted by Crippen LogP contribution is 2.29. The number of nitrogens with zero attached hydrogens (tertiary/aromatic N) is 2. The lowest BCUT2D eigenvalue weighted by molar-refractivity contribution is 0.261. The highest BCUT2D eigenvalue weighted by Gasteiger charge is 2.18. The highest BCUT2D eigenvalue weighted by molar-refractivity contribution is 5.41. The number of nitriles is 1. The molecule has 1 aromatic rings. The van der Waals surface area contributed by atoms with Gasteiger partial charge in [-0.05, 0) is 30.8 Å². The Morgan fingerprint density at radius 3 is 1.94 bits per heavy atom. The zero-order valence-corrected chi connectivity index (χ0v) is 11.4. The summed E-state index contributed by atoms with van der Waals surface area (Å²) in [6.45, 7) is 5.75. The molecule has 4 heteroatoms. The van der Waals surface area contributed by atoms with Gasteiger partial charge in [0.15, 0.2) is 0 Å². The monoisotopic (exact) mass is 248 g/mol. The summed E-state index contributed by atoms with van der Waals surface area (Å²) >= 11 is 0.